The fourth-order valence-electron chi connectivity index (χ4n) is 3.14. The topological polar surface area (TPSA) is 9.23 Å². The largest absolute Gasteiger partial charge is 0.457 e. The first kappa shape index (κ1) is 13.5. The van der Waals surface area contributed by atoms with E-state index < -0.39 is 0 Å². The maximum Gasteiger partial charge on any atom is 0.132 e. The molecule has 22 heavy (non-hydrogen) atoms. The van der Waals surface area contributed by atoms with E-state index in [1.165, 1.54) is 5.56 Å². The van der Waals surface area contributed by atoms with E-state index in [4.69, 9.17) is 17.4 Å². The van der Waals surface area contributed by atoms with Crippen LogP contribution in [-0.2, 0) is 11.2 Å². The van der Waals surface area contributed by atoms with Gasteiger partial charge in [0.1, 0.15) is 11.5 Å². The second-order valence-electron chi connectivity index (χ2n) is 5.62. The Morgan fingerprint density at radius 1 is 0.682 bits per heavy atom. The maximum atomic E-state index is 6.06. The van der Waals surface area contributed by atoms with E-state index in [0.717, 1.165) is 29.0 Å². The Balaban J connectivity index is 1.90. The summed E-state index contributed by atoms with van der Waals surface area (Å²) < 4.78 is 5.68. The van der Waals surface area contributed by atoms with Crippen LogP contribution in [0.4, 0.5) is 0 Å². The smallest absolute Gasteiger partial charge is 0.132 e. The van der Waals surface area contributed by atoms with Crippen LogP contribution in [0.15, 0.2) is 78.9 Å². The van der Waals surface area contributed by atoms with Gasteiger partial charge < -0.3 is 4.74 Å². The molecule has 0 amide bonds. The molecule has 108 valence electrons. The van der Waals surface area contributed by atoms with E-state index in [1.54, 1.807) is 0 Å². The number of fused-ring (bicyclic) bond motifs is 2. The molecule has 0 atom stereocenters. The van der Waals surface area contributed by atoms with Crippen LogP contribution in [-0.4, -0.2) is 0 Å². The highest BCUT2D eigenvalue weighted by Crippen LogP contribution is 2.51. The molecule has 3 aromatic rings. The first-order valence-electron chi connectivity index (χ1n) is 7.40. The van der Waals surface area contributed by atoms with Gasteiger partial charge in [0.15, 0.2) is 0 Å². The molecule has 1 heterocycles. The molecule has 0 radical (unpaired) electrons. The number of para-hydroxylation sites is 2. The molecule has 0 spiro atoms. The molecule has 0 N–H and O–H groups in total. The van der Waals surface area contributed by atoms with Crippen molar-refractivity contribution in [1.29, 1.82) is 0 Å². The number of ether oxygens (including phenoxy) is 1. The fourth-order valence-corrected chi connectivity index (χ4v) is 3.69. The minimum atomic E-state index is -0.382. The highest BCUT2D eigenvalue weighted by molar-refractivity contribution is 7.81. The third-order valence-electron chi connectivity index (χ3n) is 4.19. The van der Waals surface area contributed by atoms with Crippen LogP contribution in [0.25, 0.3) is 0 Å². The zero-order valence-corrected chi connectivity index (χ0v) is 13.0. The van der Waals surface area contributed by atoms with Crippen molar-refractivity contribution in [2.45, 2.75) is 11.2 Å². The number of thiol groups is 1. The van der Waals surface area contributed by atoms with Crippen LogP contribution in [0.3, 0.4) is 0 Å². The molecule has 1 aliphatic heterocycles. The number of hydrogen-bond acceptors (Lipinski definition) is 2. The SMILES string of the molecule is SC1(Cc2ccccc2)c2ccccc2Oc2ccccc21. The Morgan fingerprint density at radius 3 is 1.77 bits per heavy atom. The first-order valence-corrected chi connectivity index (χ1v) is 7.85. The normalized spacial score (nSPS) is 14.6. The third-order valence-corrected chi connectivity index (χ3v) is 4.83. The zero-order chi connectivity index (χ0) is 15.0. The summed E-state index contributed by atoms with van der Waals surface area (Å²) in [6, 6.07) is 26.8. The van der Waals surface area contributed by atoms with Crippen molar-refractivity contribution in [1.82, 2.24) is 0 Å². The summed E-state index contributed by atoms with van der Waals surface area (Å²) in [5, 5.41) is 0. The molecule has 1 aliphatic rings. The van der Waals surface area contributed by atoms with Crippen molar-refractivity contribution in [2.75, 3.05) is 0 Å². The lowest BCUT2D eigenvalue weighted by Gasteiger charge is -2.36. The van der Waals surface area contributed by atoms with E-state index in [1.807, 2.05) is 42.5 Å². The molecular weight excluding hydrogens is 288 g/mol. The van der Waals surface area contributed by atoms with Gasteiger partial charge in [-0.3, -0.25) is 0 Å². The summed E-state index contributed by atoms with van der Waals surface area (Å²) in [6.45, 7) is 0. The van der Waals surface area contributed by atoms with Crippen molar-refractivity contribution >= 4 is 12.6 Å². The second-order valence-corrected chi connectivity index (χ2v) is 6.38. The number of hydrogen-bond donors (Lipinski definition) is 1. The summed E-state index contributed by atoms with van der Waals surface area (Å²) in [4.78, 5) is 0. The molecule has 0 aliphatic carbocycles. The third kappa shape index (κ3) is 2.11. The van der Waals surface area contributed by atoms with E-state index >= 15 is 0 Å². The second kappa shape index (κ2) is 5.22. The van der Waals surface area contributed by atoms with Crippen molar-refractivity contribution < 1.29 is 4.74 Å². The maximum absolute atomic E-state index is 6.06. The van der Waals surface area contributed by atoms with Crippen LogP contribution >= 0.6 is 12.6 Å². The van der Waals surface area contributed by atoms with Crippen molar-refractivity contribution in [3.63, 3.8) is 0 Å². The lowest BCUT2D eigenvalue weighted by atomic mass is 9.82. The Labute approximate surface area is 136 Å². The first-order chi connectivity index (χ1) is 10.8. The van der Waals surface area contributed by atoms with Crippen LogP contribution in [0.5, 0.6) is 11.5 Å². The average molecular weight is 304 g/mol. The van der Waals surface area contributed by atoms with Crippen molar-refractivity contribution in [3.05, 3.63) is 95.6 Å². The van der Waals surface area contributed by atoms with E-state index in [9.17, 15) is 0 Å². The minimum Gasteiger partial charge on any atom is -0.457 e. The van der Waals surface area contributed by atoms with Gasteiger partial charge in [-0.15, -0.1) is 0 Å². The van der Waals surface area contributed by atoms with E-state index in [0.29, 0.717) is 0 Å². The zero-order valence-electron chi connectivity index (χ0n) is 12.1. The molecule has 0 fully saturated rings. The summed E-state index contributed by atoms with van der Waals surface area (Å²) in [7, 11) is 0. The number of rotatable bonds is 2. The summed E-state index contributed by atoms with van der Waals surface area (Å²) in [5.74, 6) is 1.79. The standard InChI is InChI=1S/C20H16OS/c22-20(14-15-8-2-1-3-9-15)16-10-4-6-12-18(16)21-19-13-7-5-11-17(19)20/h1-13,22H,14H2. The van der Waals surface area contributed by atoms with Crippen LogP contribution < -0.4 is 4.74 Å². The van der Waals surface area contributed by atoms with Gasteiger partial charge in [-0.25, -0.2) is 0 Å². The quantitative estimate of drug-likeness (QED) is 0.640. The highest BCUT2D eigenvalue weighted by Gasteiger charge is 2.38. The number of benzene rings is 3. The molecule has 0 bridgehead atoms. The molecular formula is C20H16OS. The van der Waals surface area contributed by atoms with Gasteiger partial charge >= 0.3 is 0 Å². The predicted molar refractivity (Wildman–Crippen MR) is 92.9 cm³/mol. The minimum absolute atomic E-state index is 0.382. The van der Waals surface area contributed by atoms with Crippen molar-refractivity contribution in [2.24, 2.45) is 0 Å². The van der Waals surface area contributed by atoms with Gasteiger partial charge in [0.2, 0.25) is 0 Å². The van der Waals surface area contributed by atoms with Gasteiger partial charge in [-0.05, 0) is 24.1 Å². The molecule has 0 saturated carbocycles. The monoisotopic (exact) mass is 304 g/mol. The van der Waals surface area contributed by atoms with Crippen molar-refractivity contribution in [3.8, 4) is 11.5 Å². The molecule has 0 aromatic heterocycles. The molecule has 2 heteroatoms. The van der Waals surface area contributed by atoms with E-state index in [-0.39, 0.29) is 4.75 Å². The summed E-state index contributed by atoms with van der Waals surface area (Å²) in [6.07, 6.45) is 0.828. The summed E-state index contributed by atoms with van der Waals surface area (Å²) >= 11 is 5.14. The van der Waals surface area contributed by atoms with Crippen LogP contribution in [0.2, 0.25) is 0 Å². The Bertz CT molecular complexity index is 765. The lowest BCUT2D eigenvalue weighted by molar-refractivity contribution is 0.437. The Kier molecular flexibility index (Phi) is 3.20. The Morgan fingerprint density at radius 2 is 1.18 bits per heavy atom. The van der Waals surface area contributed by atoms with Gasteiger partial charge in [0.25, 0.3) is 0 Å². The van der Waals surface area contributed by atoms with Gasteiger partial charge in [-0.2, -0.15) is 12.6 Å². The van der Waals surface area contributed by atoms with Crippen LogP contribution in [0, 0.1) is 0 Å². The molecule has 1 nitrogen and oxygen atoms in total. The predicted octanol–water partition coefficient (Wildman–Crippen LogP) is 5.21. The molecule has 0 saturated heterocycles. The van der Waals surface area contributed by atoms with Crippen LogP contribution in [0.1, 0.15) is 16.7 Å². The average Bonchev–Trinajstić information content (AvgIpc) is 2.56. The summed E-state index contributed by atoms with van der Waals surface area (Å²) in [5.41, 5.74) is 3.52. The molecule has 3 aromatic carbocycles. The van der Waals surface area contributed by atoms with E-state index in [2.05, 4.69) is 36.4 Å². The van der Waals surface area contributed by atoms with Gasteiger partial charge in [0.05, 0.1) is 4.75 Å². The highest BCUT2D eigenvalue weighted by atomic mass is 32.1. The fraction of sp³-hybridized carbons (Fsp3) is 0.100. The van der Waals surface area contributed by atoms with Gasteiger partial charge in [-0.1, -0.05) is 66.7 Å². The Hall–Kier alpha value is -2.19. The molecule has 0 unspecified atom stereocenters. The lowest BCUT2D eigenvalue weighted by Crippen LogP contribution is -2.28. The van der Waals surface area contributed by atoms with Gasteiger partial charge in [0, 0.05) is 11.1 Å². The molecule has 4 rings (SSSR count).